The third kappa shape index (κ3) is 4.04. The summed E-state index contributed by atoms with van der Waals surface area (Å²) in [6.07, 6.45) is 5.00. The minimum absolute atomic E-state index is 0. The number of aromatic nitrogens is 2. The van der Waals surface area contributed by atoms with Crippen LogP contribution in [-0.4, -0.2) is 46.8 Å². The van der Waals surface area contributed by atoms with Crippen LogP contribution in [0.4, 0.5) is 0 Å². The maximum absolute atomic E-state index is 13.2. The highest BCUT2D eigenvalue weighted by Crippen LogP contribution is 2.35. The van der Waals surface area contributed by atoms with Crippen LogP contribution in [0.25, 0.3) is 0 Å². The number of hydrogen-bond donors (Lipinski definition) is 1. The first kappa shape index (κ1) is 19.9. The highest BCUT2D eigenvalue weighted by atomic mass is 35.5. The maximum Gasteiger partial charge on any atom is 0.227 e. The molecule has 2 aromatic rings. The first-order valence-electron chi connectivity index (χ1n) is 9.66. The number of aryl methyl sites for hydroxylation is 1. The van der Waals surface area contributed by atoms with Gasteiger partial charge in [-0.05, 0) is 29.4 Å². The number of rotatable bonds is 3. The largest absolute Gasteiger partial charge is 0.342 e. The van der Waals surface area contributed by atoms with Gasteiger partial charge in [0, 0.05) is 45.3 Å². The van der Waals surface area contributed by atoms with Crippen LogP contribution in [0, 0.1) is 11.8 Å². The first-order valence-corrected chi connectivity index (χ1v) is 9.66. The lowest BCUT2D eigenvalue weighted by Crippen LogP contribution is -2.46. The molecule has 6 heteroatoms. The monoisotopic (exact) mass is 388 g/mol. The lowest BCUT2D eigenvalue weighted by atomic mass is 9.80. The lowest BCUT2D eigenvalue weighted by Gasteiger charge is -2.39. The van der Waals surface area contributed by atoms with Gasteiger partial charge >= 0.3 is 0 Å². The standard InChI is InChI=1S/C21H28N4O.ClH/c1-15-13-25(9-8-18(15)16-6-4-3-5-7-16)21(26)20-12-22-11-19(20)17-10-23-24(2)14-17;/h3-7,10,14-15,18-20,22H,8-9,11-13H2,1-2H3;1H/t15?,18?,19-,20+;/m1./s1. The zero-order valence-electron chi connectivity index (χ0n) is 16.0. The average Bonchev–Trinajstić information content (AvgIpc) is 3.30. The molecule has 1 amide bonds. The molecule has 0 aliphatic carbocycles. The molecule has 4 atom stereocenters. The molecule has 1 aromatic carbocycles. The van der Waals surface area contributed by atoms with E-state index >= 15 is 0 Å². The van der Waals surface area contributed by atoms with Crippen molar-refractivity contribution in [2.75, 3.05) is 26.2 Å². The smallest absolute Gasteiger partial charge is 0.227 e. The number of amides is 1. The van der Waals surface area contributed by atoms with Crippen LogP contribution in [0.1, 0.15) is 36.3 Å². The molecule has 0 spiro atoms. The van der Waals surface area contributed by atoms with Gasteiger partial charge in [-0.25, -0.2) is 0 Å². The topological polar surface area (TPSA) is 50.2 Å². The molecule has 5 nitrogen and oxygen atoms in total. The normalized spacial score (nSPS) is 28.0. The number of benzene rings is 1. The van der Waals surface area contributed by atoms with Crippen LogP contribution in [0.15, 0.2) is 42.7 Å². The molecule has 146 valence electrons. The molecule has 2 unspecified atom stereocenters. The van der Waals surface area contributed by atoms with E-state index in [-0.39, 0.29) is 24.2 Å². The van der Waals surface area contributed by atoms with E-state index < -0.39 is 0 Å². The van der Waals surface area contributed by atoms with Gasteiger partial charge in [-0.15, -0.1) is 12.4 Å². The summed E-state index contributed by atoms with van der Waals surface area (Å²) in [6.45, 7) is 5.62. The fourth-order valence-corrected chi connectivity index (χ4v) is 4.70. The second-order valence-corrected chi connectivity index (χ2v) is 7.89. The van der Waals surface area contributed by atoms with E-state index in [1.165, 1.54) is 11.1 Å². The quantitative estimate of drug-likeness (QED) is 0.879. The molecule has 0 saturated carbocycles. The molecule has 27 heavy (non-hydrogen) atoms. The van der Waals surface area contributed by atoms with E-state index in [9.17, 15) is 4.79 Å². The Labute approximate surface area is 167 Å². The van der Waals surface area contributed by atoms with Gasteiger partial charge < -0.3 is 10.2 Å². The van der Waals surface area contributed by atoms with Crippen LogP contribution >= 0.6 is 12.4 Å². The molecule has 0 bridgehead atoms. The fourth-order valence-electron chi connectivity index (χ4n) is 4.70. The predicted molar refractivity (Wildman–Crippen MR) is 109 cm³/mol. The minimum Gasteiger partial charge on any atom is -0.342 e. The minimum atomic E-state index is 0. The number of carbonyl (C=O) groups excluding carboxylic acids is 1. The zero-order valence-corrected chi connectivity index (χ0v) is 16.9. The summed E-state index contributed by atoms with van der Waals surface area (Å²) in [6, 6.07) is 10.7. The Morgan fingerprint density at radius 2 is 1.93 bits per heavy atom. The number of nitrogens with one attached hydrogen (secondary N) is 1. The van der Waals surface area contributed by atoms with Gasteiger partial charge in [-0.1, -0.05) is 37.3 Å². The second kappa shape index (κ2) is 8.44. The van der Waals surface area contributed by atoms with Gasteiger partial charge in [0.2, 0.25) is 5.91 Å². The summed E-state index contributed by atoms with van der Waals surface area (Å²) in [5, 5.41) is 7.70. The molecule has 1 N–H and O–H groups in total. The summed E-state index contributed by atoms with van der Waals surface area (Å²) in [7, 11) is 1.93. The molecule has 3 heterocycles. The van der Waals surface area contributed by atoms with Crippen LogP contribution in [0.3, 0.4) is 0 Å². The predicted octanol–water partition coefficient (Wildman–Crippen LogP) is 2.80. The average molecular weight is 389 g/mol. The van der Waals surface area contributed by atoms with Crippen molar-refractivity contribution in [1.29, 1.82) is 0 Å². The molecule has 1 aromatic heterocycles. The maximum atomic E-state index is 13.2. The van der Waals surface area contributed by atoms with Gasteiger partial charge in [0.15, 0.2) is 0 Å². The highest BCUT2D eigenvalue weighted by molar-refractivity contribution is 5.85. The Morgan fingerprint density at radius 3 is 2.59 bits per heavy atom. The van der Waals surface area contributed by atoms with E-state index in [2.05, 4.69) is 52.6 Å². The Balaban J connectivity index is 0.00000210. The number of piperidine rings is 1. The van der Waals surface area contributed by atoms with E-state index in [0.717, 1.165) is 32.6 Å². The second-order valence-electron chi connectivity index (χ2n) is 7.89. The summed E-state index contributed by atoms with van der Waals surface area (Å²) in [5.74, 6) is 1.61. The summed E-state index contributed by atoms with van der Waals surface area (Å²) < 4.78 is 1.82. The van der Waals surface area contributed by atoms with Crippen molar-refractivity contribution in [3.05, 3.63) is 53.9 Å². The molecule has 2 aliphatic rings. The summed E-state index contributed by atoms with van der Waals surface area (Å²) >= 11 is 0. The van der Waals surface area contributed by atoms with Crippen molar-refractivity contribution in [3.63, 3.8) is 0 Å². The van der Waals surface area contributed by atoms with E-state index in [1.807, 2.05) is 24.1 Å². The van der Waals surface area contributed by atoms with Crippen LogP contribution in [0.2, 0.25) is 0 Å². The van der Waals surface area contributed by atoms with Crippen molar-refractivity contribution < 1.29 is 4.79 Å². The van der Waals surface area contributed by atoms with Crippen molar-refractivity contribution in [2.45, 2.75) is 25.2 Å². The van der Waals surface area contributed by atoms with Crippen molar-refractivity contribution in [2.24, 2.45) is 18.9 Å². The molecule has 2 saturated heterocycles. The van der Waals surface area contributed by atoms with Gasteiger partial charge in [0.1, 0.15) is 0 Å². The van der Waals surface area contributed by atoms with Gasteiger partial charge in [-0.2, -0.15) is 5.10 Å². The molecular weight excluding hydrogens is 360 g/mol. The van der Waals surface area contributed by atoms with Crippen molar-refractivity contribution in [3.8, 4) is 0 Å². The molecule has 2 aliphatic heterocycles. The summed E-state index contributed by atoms with van der Waals surface area (Å²) in [5.41, 5.74) is 2.57. The van der Waals surface area contributed by atoms with Crippen molar-refractivity contribution >= 4 is 18.3 Å². The van der Waals surface area contributed by atoms with Crippen LogP contribution < -0.4 is 5.32 Å². The third-order valence-electron chi connectivity index (χ3n) is 6.13. The Hall–Kier alpha value is -1.85. The summed E-state index contributed by atoms with van der Waals surface area (Å²) in [4.78, 5) is 15.3. The lowest BCUT2D eigenvalue weighted by molar-refractivity contribution is -0.137. The number of nitrogens with zero attached hydrogens (tertiary/aromatic N) is 3. The Morgan fingerprint density at radius 1 is 1.15 bits per heavy atom. The van der Waals surface area contributed by atoms with Gasteiger partial charge in [0.25, 0.3) is 0 Å². The first-order chi connectivity index (χ1) is 12.6. The third-order valence-corrected chi connectivity index (χ3v) is 6.13. The van der Waals surface area contributed by atoms with E-state index in [0.29, 0.717) is 17.7 Å². The van der Waals surface area contributed by atoms with Crippen LogP contribution in [-0.2, 0) is 11.8 Å². The number of halogens is 1. The highest BCUT2D eigenvalue weighted by Gasteiger charge is 2.39. The van der Waals surface area contributed by atoms with Gasteiger partial charge in [-0.3, -0.25) is 9.48 Å². The number of carbonyl (C=O) groups is 1. The van der Waals surface area contributed by atoms with Gasteiger partial charge in [0.05, 0.1) is 12.1 Å². The van der Waals surface area contributed by atoms with E-state index in [4.69, 9.17) is 0 Å². The fraction of sp³-hybridized carbons (Fsp3) is 0.524. The number of hydrogen-bond acceptors (Lipinski definition) is 3. The number of likely N-dealkylation sites (tertiary alicyclic amines) is 1. The van der Waals surface area contributed by atoms with Crippen LogP contribution in [0.5, 0.6) is 0 Å². The SMILES string of the molecule is CC1CN(C(=O)[C@H]2CNC[C@@H]2c2cnn(C)c2)CCC1c1ccccc1.Cl. The zero-order chi connectivity index (χ0) is 18.1. The Kier molecular flexibility index (Phi) is 6.22. The van der Waals surface area contributed by atoms with Crippen molar-refractivity contribution in [1.82, 2.24) is 20.0 Å². The Bertz CT molecular complexity index is 763. The molecule has 4 rings (SSSR count). The molecule has 0 radical (unpaired) electrons. The van der Waals surface area contributed by atoms with E-state index in [1.54, 1.807) is 0 Å². The molecule has 2 fully saturated rings. The molecular formula is C21H29ClN4O.